The Balaban J connectivity index is 1.62. The van der Waals surface area contributed by atoms with Gasteiger partial charge in [0, 0.05) is 12.2 Å². The van der Waals surface area contributed by atoms with Gasteiger partial charge in [0.25, 0.3) is 5.91 Å². The molecule has 154 valence electrons. The van der Waals surface area contributed by atoms with Gasteiger partial charge in [-0.1, -0.05) is 59.6 Å². The van der Waals surface area contributed by atoms with Crippen LogP contribution in [0.1, 0.15) is 15.9 Å². The van der Waals surface area contributed by atoms with Gasteiger partial charge in [-0.3, -0.25) is 14.5 Å². The van der Waals surface area contributed by atoms with Gasteiger partial charge in [0.2, 0.25) is 5.91 Å². The van der Waals surface area contributed by atoms with Gasteiger partial charge in [-0.05, 0) is 49.0 Å². The van der Waals surface area contributed by atoms with E-state index in [9.17, 15) is 9.59 Å². The summed E-state index contributed by atoms with van der Waals surface area (Å²) in [6, 6.07) is 21.4. The molecule has 3 rings (SSSR count). The van der Waals surface area contributed by atoms with Crippen LogP contribution >= 0.6 is 23.2 Å². The Morgan fingerprint density at radius 3 is 2.30 bits per heavy atom. The molecule has 0 bridgehead atoms. The highest BCUT2D eigenvalue weighted by molar-refractivity contribution is 6.42. The number of carbonyl (C=O) groups excluding carboxylic acids is 2. The van der Waals surface area contributed by atoms with Crippen LogP contribution in [0.25, 0.3) is 0 Å². The van der Waals surface area contributed by atoms with Crippen LogP contribution in [0.3, 0.4) is 0 Å². The number of nitrogens with one attached hydrogen (secondary N) is 2. The summed E-state index contributed by atoms with van der Waals surface area (Å²) < 4.78 is 0. The van der Waals surface area contributed by atoms with Crippen molar-refractivity contribution in [3.05, 3.63) is 94.0 Å². The number of carbonyl (C=O) groups is 2. The van der Waals surface area contributed by atoms with Gasteiger partial charge >= 0.3 is 0 Å². The minimum absolute atomic E-state index is 0.148. The van der Waals surface area contributed by atoms with Gasteiger partial charge in [0.05, 0.1) is 27.8 Å². The van der Waals surface area contributed by atoms with E-state index in [4.69, 9.17) is 23.2 Å². The molecule has 5 nitrogen and oxygen atoms in total. The van der Waals surface area contributed by atoms with Crippen molar-refractivity contribution in [2.24, 2.45) is 0 Å². The molecule has 0 heterocycles. The number of amides is 2. The Kier molecular flexibility index (Phi) is 7.46. The second-order valence-corrected chi connectivity index (χ2v) is 7.65. The predicted octanol–water partition coefficient (Wildman–Crippen LogP) is 5.32. The summed E-state index contributed by atoms with van der Waals surface area (Å²) in [7, 11) is 1.83. The van der Waals surface area contributed by atoms with Crippen LogP contribution in [0.5, 0.6) is 0 Å². The Morgan fingerprint density at radius 1 is 0.867 bits per heavy atom. The van der Waals surface area contributed by atoms with E-state index in [0.717, 1.165) is 5.56 Å². The molecular formula is C23H21Cl2N3O2. The van der Waals surface area contributed by atoms with E-state index < -0.39 is 0 Å². The largest absolute Gasteiger partial charge is 0.324 e. The van der Waals surface area contributed by atoms with Gasteiger partial charge < -0.3 is 10.6 Å². The lowest BCUT2D eigenvalue weighted by atomic mass is 10.1. The molecule has 7 heteroatoms. The third kappa shape index (κ3) is 6.07. The number of benzene rings is 3. The minimum atomic E-state index is -0.290. The molecule has 0 saturated heterocycles. The number of hydrogen-bond donors (Lipinski definition) is 2. The molecule has 0 aliphatic heterocycles. The zero-order chi connectivity index (χ0) is 21.5. The summed E-state index contributed by atoms with van der Waals surface area (Å²) in [4.78, 5) is 27.0. The normalized spacial score (nSPS) is 10.7. The summed E-state index contributed by atoms with van der Waals surface area (Å²) in [5, 5.41) is 6.63. The number of rotatable bonds is 7. The third-order valence-electron chi connectivity index (χ3n) is 4.33. The molecule has 0 radical (unpaired) electrons. The molecule has 2 amide bonds. The van der Waals surface area contributed by atoms with Gasteiger partial charge in [0.1, 0.15) is 0 Å². The van der Waals surface area contributed by atoms with Crippen LogP contribution in [-0.4, -0.2) is 30.3 Å². The van der Waals surface area contributed by atoms with Crippen molar-refractivity contribution in [1.29, 1.82) is 0 Å². The monoisotopic (exact) mass is 441 g/mol. The van der Waals surface area contributed by atoms with Crippen molar-refractivity contribution in [2.75, 3.05) is 24.2 Å². The highest BCUT2D eigenvalue weighted by atomic mass is 35.5. The van der Waals surface area contributed by atoms with E-state index in [2.05, 4.69) is 10.6 Å². The van der Waals surface area contributed by atoms with Gasteiger partial charge in [-0.2, -0.15) is 0 Å². The van der Waals surface area contributed by atoms with Crippen molar-refractivity contribution in [3.8, 4) is 0 Å². The fraction of sp³-hybridized carbons (Fsp3) is 0.130. The first-order valence-corrected chi connectivity index (χ1v) is 10.1. The third-order valence-corrected chi connectivity index (χ3v) is 5.07. The quantitative estimate of drug-likeness (QED) is 0.521. The number of para-hydroxylation sites is 2. The van der Waals surface area contributed by atoms with Crippen LogP contribution in [0.4, 0.5) is 11.4 Å². The second kappa shape index (κ2) is 10.3. The Labute approximate surface area is 185 Å². The molecule has 0 unspecified atom stereocenters. The van der Waals surface area contributed by atoms with Crippen LogP contribution in [0.2, 0.25) is 10.0 Å². The number of halogens is 2. The first kappa shape index (κ1) is 21.8. The van der Waals surface area contributed by atoms with Crippen LogP contribution < -0.4 is 10.6 Å². The summed E-state index contributed by atoms with van der Waals surface area (Å²) in [5.41, 5.74) is 2.48. The summed E-state index contributed by atoms with van der Waals surface area (Å²) >= 11 is 12.0. The van der Waals surface area contributed by atoms with Crippen LogP contribution in [-0.2, 0) is 11.3 Å². The molecule has 0 spiro atoms. The fourth-order valence-electron chi connectivity index (χ4n) is 2.95. The van der Waals surface area contributed by atoms with Crippen molar-refractivity contribution >= 4 is 46.4 Å². The molecule has 0 aromatic heterocycles. The van der Waals surface area contributed by atoms with E-state index >= 15 is 0 Å². The molecular weight excluding hydrogens is 421 g/mol. The lowest BCUT2D eigenvalue weighted by Gasteiger charge is -2.17. The number of nitrogens with zero attached hydrogens (tertiary/aromatic N) is 1. The average molecular weight is 442 g/mol. The van der Waals surface area contributed by atoms with E-state index in [1.165, 1.54) is 0 Å². The maximum absolute atomic E-state index is 12.6. The second-order valence-electron chi connectivity index (χ2n) is 6.83. The molecule has 3 aromatic rings. The molecule has 0 atom stereocenters. The zero-order valence-electron chi connectivity index (χ0n) is 16.4. The van der Waals surface area contributed by atoms with E-state index in [0.29, 0.717) is 33.5 Å². The first-order chi connectivity index (χ1) is 14.4. The Bertz CT molecular complexity index is 1040. The van der Waals surface area contributed by atoms with Gasteiger partial charge in [-0.25, -0.2) is 0 Å². The molecule has 2 N–H and O–H groups in total. The minimum Gasteiger partial charge on any atom is -0.324 e. The molecule has 0 aliphatic rings. The average Bonchev–Trinajstić information content (AvgIpc) is 2.71. The standard InChI is InChI=1S/C23H21Cl2N3O2/c1-28(14-16-11-12-19(24)20(25)13-16)15-22(29)27-21-10-6-5-9-18(21)23(30)26-17-7-3-2-4-8-17/h2-13H,14-15H2,1H3,(H,26,30)(H,27,29). The van der Waals surface area contributed by atoms with Crippen molar-refractivity contribution in [1.82, 2.24) is 4.90 Å². The van der Waals surface area contributed by atoms with Crippen LogP contribution in [0.15, 0.2) is 72.8 Å². The number of hydrogen-bond acceptors (Lipinski definition) is 3. The molecule has 0 saturated carbocycles. The van der Waals surface area contributed by atoms with E-state index in [1.54, 1.807) is 48.5 Å². The van der Waals surface area contributed by atoms with Gasteiger partial charge in [0.15, 0.2) is 0 Å². The Hall–Kier alpha value is -2.86. The molecule has 0 aliphatic carbocycles. The topological polar surface area (TPSA) is 61.4 Å². The number of anilines is 2. The number of likely N-dealkylation sites (N-methyl/N-ethyl adjacent to an activating group) is 1. The lowest BCUT2D eigenvalue weighted by molar-refractivity contribution is -0.117. The van der Waals surface area contributed by atoms with Crippen molar-refractivity contribution in [2.45, 2.75) is 6.54 Å². The molecule has 0 fully saturated rings. The highest BCUT2D eigenvalue weighted by Gasteiger charge is 2.15. The first-order valence-electron chi connectivity index (χ1n) is 9.30. The smallest absolute Gasteiger partial charge is 0.257 e. The van der Waals surface area contributed by atoms with Gasteiger partial charge in [-0.15, -0.1) is 0 Å². The Morgan fingerprint density at radius 2 is 1.57 bits per heavy atom. The van der Waals surface area contributed by atoms with Crippen LogP contribution in [0, 0.1) is 0 Å². The predicted molar refractivity (Wildman–Crippen MR) is 122 cm³/mol. The lowest BCUT2D eigenvalue weighted by Crippen LogP contribution is -2.30. The van der Waals surface area contributed by atoms with Crippen molar-refractivity contribution in [3.63, 3.8) is 0 Å². The zero-order valence-corrected chi connectivity index (χ0v) is 17.9. The highest BCUT2D eigenvalue weighted by Crippen LogP contribution is 2.23. The summed E-state index contributed by atoms with van der Waals surface area (Å²) in [5.74, 6) is -0.515. The maximum Gasteiger partial charge on any atom is 0.257 e. The van der Waals surface area contributed by atoms with E-state index in [1.807, 2.05) is 36.2 Å². The van der Waals surface area contributed by atoms with Crippen molar-refractivity contribution < 1.29 is 9.59 Å². The molecule has 30 heavy (non-hydrogen) atoms. The summed E-state index contributed by atoms with van der Waals surface area (Å²) in [6.45, 7) is 0.676. The fourth-order valence-corrected chi connectivity index (χ4v) is 3.27. The molecule has 3 aromatic carbocycles. The SMILES string of the molecule is CN(CC(=O)Nc1ccccc1C(=O)Nc1ccccc1)Cc1ccc(Cl)c(Cl)c1. The van der Waals surface area contributed by atoms with E-state index in [-0.39, 0.29) is 18.4 Å². The summed E-state index contributed by atoms with van der Waals surface area (Å²) in [6.07, 6.45) is 0. The maximum atomic E-state index is 12.6.